The van der Waals surface area contributed by atoms with Crippen molar-refractivity contribution in [3.63, 3.8) is 0 Å². The lowest BCUT2D eigenvalue weighted by Gasteiger charge is -2.01. The van der Waals surface area contributed by atoms with Gasteiger partial charge in [0.1, 0.15) is 0 Å². The van der Waals surface area contributed by atoms with E-state index in [1.54, 1.807) is 0 Å². The molecule has 0 aromatic heterocycles. The fourth-order valence-corrected chi connectivity index (χ4v) is 2.92. The van der Waals surface area contributed by atoms with Gasteiger partial charge in [-0.15, -0.1) is 0 Å². The minimum Gasteiger partial charge on any atom is -0.330 e. The summed E-state index contributed by atoms with van der Waals surface area (Å²) in [4.78, 5) is 0. The first-order valence-corrected chi connectivity index (χ1v) is 10.3. The van der Waals surface area contributed by atoms with Crippen molar-refractivity contribution in [1.82, 2.24) is 0 Å². The third-order valence-electron chi connectivity index (χ3n) is 4.47. The molecule has 0 rings (SSSR count). The Hall–Kier alpha value is -0.300. The van der Waals surface area contributed by atoms with Crippen molar-refractivity contribution >= 4 is 0 Å². The van der Waals surface area contributed by atoms with Gasteiger partial charge >= 0.3 is 0 Å². The average Bonchev–Trinajstić information content (AvgIpc) is 2.54. The molecule has 0 amide bonds. The first kappa shape index (κ1) is 21.7. The maximum atomic E-state index is 5.49. The molecule has 0 unspecified atom stereocenters. The normalized spacial score (nSPS) is 11.5. The first-order chi connectivity index (χ1) is 10.9. The van der Waals surface area contributed by atoms with Crippen LogP contribution in [0, 0.1) is 0 Å². The highest BCUT2D eigenvalue weighted by Crippen LogP contribution is 2.11. The van der Waals surface area contributed by atoms with Gasteiger partial charge in [0, 0.05) is 0 Å². The molecule has 0 aliphatic rings. The fourth-order valence-electron chi connectivity index (χ4n) is 2.92. The van der Waals surface area contributed by atoms with E-state index in [4.69, 9.17) is 5.73 Å². The zero-order valence-electron chi connectivity index (χ0n) is 15.5. The quantitative estimate of drug-likeness (QED) is 0.211. The highest BCUT2D eigenvalue weighted by molar-refractivity contribution is 4.81. The van der Waals surface area contributed by atoms with Crippen LogP contribution in [-0.4, -0.2) is 6.54 Å². The van der Waals surface area contributed by atoms with E-state index < -0.39 is 0 Å². The molecule has 0 aliphatic carbocycles. The van der Waals surface area contributed by atoms with Crippen molar-refractivity contribution in [2.45, 2.75) is 116 Å². The standard InChI is InChI=1S/C21H43N/c1-2-3-4-5-6-7-8-9-10-11-12-13-14-15-16-17-18-19-20-21-22/h12-13H,2-11,14-22H2,1H3. The summed E-state index contributed by atoms with van der Waals surface area (Å²) in [5, 5.41) is 0. The summed E-state index contributed by atoms with van der Waals surface area (Å²) in [6, 6.07) is 0. The van der Waals surface area contributed by atoms with E-state index in [2.05, 4.69) is 19.1 Å². The summed E-state index contributed by atoms with van der Waals surface area (Å²) in [7, 11) is 0. The predicted molar refractivity (Wildman–Crippen MR) is 102 cm³/mol. The lowest BCUT2D eigenvalue weighted by Crippen LogP contribution is -1.97. The summed E-state index contributed by atoms with van der Waals surface area (Å²) < 4.78 is 0. The highest BCUT2D eigenvalue weighted by atomic mass is 14.5. The Kier molecular flexibility index (Phi) is 20.4. The summed E-state index contributed by atoms with van der Waals surface area (Å²) in [5.74, 6) is 0. The Labute approximate surface area is 141 Å². The molecule has 0 fully saturated rings. The van der Waals surface area contributed by atoms with Gasteiger partial charge in [-0.1, -0.05) is 96.1 Å². The first-order valence-electron chi connectivity index (χ1n) is 10.3. The van der Waals surface area contributed by atoms with Crippen molar-refractivity contribution in [2.24, 2.45) is 5.73 Å². The molecule has 0 aromatic rings. The van der Waals surface area contributed by atoms with Crippen LogP contribution in [0.25, 0.3) is 0 Å². The van der Waals surface area contributed by atoms with Crippen LogP contribution in [-0.2, 0) is 0 Å². The number of allylic oxidation sites excluding steroid dienone is 2. The average molecular weight is 310 g/mol. The lowest BCUT2D eigenvalue weighted by atomic mass is 10.1. The Morgan fingerprint density at radius 1 is 0.500 bits per heavy atom. The van der Waals surface area contributed by atoms with E-state index in [1.165, 1.54) is 109 Å². The summed E-state index contributed by atoms with van der Waals surface area (Å²) in [6.07, 6.45) is 28.4. The highest BCUT2D eigenvalue weighted by Gasteiger charge is 1.92. The fraction of sp³-hybridized carbons (Fsp3) is 0.905. The second kappa shape index (κ2) is 20.7. The minimum absolute atomic E-state index is 0.863. The van der Waals surface area contributed by atoms with E-state index in [0.717, 1.165) is 6.54 Å². The van der Waals surface area contributed by atoms with Crippen LogP contribution in [0.4, 0.5) is 0 Å². The molecule has 0 aromatic carbocycles. The van der Waals surface area contributed by atoms with Gasteiger partial charge < -0.3 is 5.73 Å². The van der Waals surface area contributed by atoms with E-state index in [-0.39, 0.29) is 0 Å². The predicted octanol–water partition coefficient (Wildman–Crippen LogP) is 7.15. The topological polar surface area (TPSA) is 26.0 Å². The number of hydrogen-bond donors (Lipinski definition) is 1. The van der Waals surface area contributed by atoms with Crippen LogP contribution < -0.4 is 5.73 Å². The molecule has 132 valence electrons. The van der Waals surface area contributed by atoms with E-state index in [0.29, 0.717) is 0 Å². The molecule has 1 heteroatoms. The van der Waals surface area contributed by atoms with E-state index in [9.17, 15) is 0 Å². The van der Waals surface area contributed by atoms with Crippen molar-refractivity contribution < 1.29 is 0 Å². The Balaban J connectivity index is 3.02. The van der Waals surface area contributed by atoms with Gasteiger partial charge in [0.2, 0.25) is 0 Å². The maximum Gasteiger partial charge on any atom is -0.00773 e. The van der Waals surface area contributed by atoms with Gasteiger partial charge in [-0.2, -0.15) is 0 Å². The van der Waals surface area contributed by atoms with Crippen molar-refractivity contribution in [3.05, 3.63) is 12.2 Å². The van der Waals surface area contributed by atoms with Gasteiger partial charge in [0.15, 0.2) is 0 Å². The minimum atomic E-state index is 0.863. The number of hydrogen-bond acceptors (Lipinski definition) is 1. The number of nitrogens with two attached hydrogens (primary N) is 1. The maximum absolute atomic E-state index is 5.49. The third-order valence-corrected chi connectivity index (χ3v) is 4.47. The van der Waals surface area contributed by atoms with Crippen molar-refractivity contribution in [3.8, 4) is 0 Å². The van der Waals surface area contributed by atoms with Gasteiger partial charge in [0.25, 0.3) is 0 Å². The SMILES string of the molecule is CCCCCCCCCCCC=CCCCCCCCCN. The molecule has 22 heavy (non-hydrogen) atoms. The number of unbranched alkanes of at least 4 members (excludes halogenated alkanes) is 15. The summed E-state index contributed by atoms with van der Waals surface area (Å²) in [6.45, 7) is 3.15. The Morgan fingerprint density at radius 3 is 1.27 bits per heavy atom. The molecule has 1 nitrogen and oxygen atoms in total. The molecule has 0 spiro atoms. The van der Waals surface area contributed by atoms with Crippen LogP contribution in [0.15, 0.2) is 12.2 Å². The monoisotopic (exact) mass is 309 g/mol. The largest absolute Gasteiger partial charge is 0.330 e. The van der Waals surface area contributed by atoms with E-state index in [1.807, 2.05) is 0 Å². The summed E-state index contributed by atoms with van der Waals surface area (Å²) in [5.41, 5.74) is 5.49. The lowest BCUT2D eigenvalue weighted by molar-refractivity contribution is 0.566. The molecule has 0 aliphatic heterocycles. The van der Waals surface area contributed by atoms with Crippen molar-refractivity contribution in [2.75, 3.05) is 6.54 Å². The zero-order chi connectivity index (χ0) is 16.1. The molecular weight excluding hydrogens is 266 g/mol. The van der Waals surface area contributed by atoms with Crippen LogP contribution in [0.3, 0.4) is 0 Å². The van der Waals surface area contributed by atoms with Gasteiger partial charge in [0.05, 0.1) is 0 Å². The Morgan fingerprint density at radius 2 is 0.864 bits per heavy atom. The molecule has 0 atom stereocenters. The molecule has 0 radical (unpaired) electrons. The van der Waals surface area contributed by atoms with Crippen LogP contribution in [0.2, 0.25) is 0 Å². The molecule has 0 saturated heterocycles. The van der Waals surface area contributed by atoms with Crippen LogP contribution in [0.5, 0.6) is 0 Å². The smallest absolute Gasteiger partial charge is 0.00773 e. The summed E-state index contributed by atoms with van der Waals surface area (Å²) >= 11 is 0. The number of rotatable bonds is 18. The van der Waals surface area contributed by atoms with Crippen molar-refractivity contribution in [1.29, 1.82) is 0 Å². The van der Waals surface area contributed by atoms with E-state index >= 15 is 0 Å². The van der Waals surface area contributed by atoms with Crippen LogP contribution >= 0.6 is 0 Å². The molecule has 0 saturated carbocycles. The van der Waals surface area contributed by atoms with Gasteiger partial charge in [-0.25, -0.2) is 0 Å². The molecule has 2 N–H and O–H groups in total. The Bertz CT molecular complexity index is 210. The second-order valence-corrected chi connectivity index (χ2v) is 6.79. The molecule has 0 heterocycles. The van der Waals surface area contributed by atoms with Crippen LogP contribution in [0.1, 0.15) is 116 Å². The molecular formula is C21H43N. The van der Waals surface area contributed by atoms with Gasteiger partial charge in [-0.05, 0) is 38.6 Å². The molecule has 0 bridgehead atoms. The zero-order valence-corrected chi connectivity index (χ0v) is 15.5. The second-order valence-electron chi connectivity index (χ2n) is 6.79. The van der Waals surface area contributed by atoms with Gasteiger partial charge in [-0.3, -0.25) is 0 Å². The third kappa shape index (κ3) is 19.7.